The average molecular weight is 462 g/mol. The first-order valence-corrected chi connectivity index (χ1v) is 11.5. The van der Waals surface area contributed by atoms with Gasteiger partial charge in [0.25, 0.3) is 5.91 Å². The van der Waals surface area contributed by atoms with E-state index in [1.165, 1.54) is 6.07 Å². The van der Waals surface area contributed by atoms with Crippen LogP contribution in [0.4, 0.5) is 8.78 Å². The molecule has 2 aromatic heterocycles. The van der Waals surface area contributed by atoms with Gasteiger partial charge in [0, 0.05) is 30.1 Å². The van der Waals surface area contributed by atoms with Crippen LogP contribution in [-0.2, 0) is 19.3 Å². The molecule has 0 fully saturated rings. The number of aromatic nitrogens is 4. The van der Waals surface area contributed by atoms with Crippen LogP contribution in [0.15, 0.2) is 54.7 Å². The lowest BCUT2D eigenvalue weighted by molar-refractivity contribution is 0.0947. The average Bonchev–Trinajstić information content (AvgIpc) is 3.55. The molecule has 0 saturated heterocycles. The number of nitrogens with one attached hydrogen (secondary N) is 1. The van der Waals surface area contributed by atoms with E-state index in [0.29, 0.717) is 17.9 Å². The Balaban J connectivity index is 1.24. The van der Waals surface area contributed by atoms with Gasteiger partial charge in [0.15, 0.2) is 17.3 Å². The molecule has 34 heavy (non-hydrogen) atoms. The second kappa shape index (κ2) is 9.21. The van der Waals surface area contributed by atoms with Crippen LogP contribution in [0, 0.1) is 18.6 Å². The van der Waals surface area contributed by atoms with Crippen LogP contribution in [0.5, 0.6) is 0 Å². The second-order valence-electron chi connectivity index (χ2n) is 8.52. The molecule has 1 aliphatic carbocycles. The lowest BCUT2D eigenvalue weighted by atomic mass is 10.1. The van der Waals surface area contributed by atoms with E-state index in [1.807, 2.05) is 48.1 Å². The van der Waals surface area contributed by atoms with Gasteiger partial charge >= 0.3 is 0 Å². The summed E-state index contributed by atoms with van der Waals surface area (Å²) in [4.78, 5) is 12.9. The first-order valence-electron chi connectivity index (χ1n) is 11.5. The second-order valence-corrected chi connectivity index (χ2v) is 8.52. The Kier molecular flexibility index (Phi) is 5.96. The highest BCUT2D eigenvalue weighted by molar-refractivity contribution is 5.94. The highest BCUT2D eigenvalue weighted by Gasteiger charge is 2.27. The summed E-state index contributed by atoms with van der Waals surface area (Å²) in [5.41, 5.74) is 5.69. The third-order valence-electron chi connectivity index (χ3n) is 6.22. The van der Waals surface area contributed by atoms with Crippen LogP contribution in [0.3, 0.4) is 0 Å². The predicted molar refractivity (Wildman–Crippen MR) is 124 cm³/mol. The van der Waals surface area contributed by atoms with Crippen LogP contribution in [0.2, 0.25) is 0 Å². The maximum absolute atomic E-state index is 13.8. The Morgan fingerprint density at radius 1 is 1.03 bits per heavy atom. The van der Waals surface area contributed by atoms with Crippen molar-refractivity contribution in [3.8, 4) is 11.4 Å². The van der Waals surface area contributed by atoms with Crippen molar-refractivity contribution in [1.82, 2.24) is 24.9 Å². The van der Waals surface area contributed by atoms with Gasteiger partial charge in [0.05, 0.1) is 17.1 Å². The van der Waals surface area contributed by atoms with E-state index in [1.54, 1.807) is 4.68 Å². The summed E-state index contributed by atoms with van der Waals surface area (Å²) in [7, 11) is 0. The van der Waals surface area contributed by atoms with Gasteiger partial charge in [-0.3, -0.25) is 4.79 Å². The van der Waals surface area contributed by atoms with E-state index >= 15 is 0 Å². The third kappa shape index (κ3) is 4.23. The van der Waals surface area contributed by atoms with E-state index in [2.05, 4.69) is 15.5 Å². The SMILES string of the molecule is Cc1nn(-c2ccccc2)cc1CCCNC(=O)c1nn(-c2ccc(F)c(F)c2)c2c1CCC2. The van der Waals surface area contributed by atoms with E-state index < -0.39 is 11.6 Å². The maximum Gasteiger partial charge on any atom is 0.272 e. The minimum Gasteiger partial charge on any atom is -0.351 e. The number of halogens is 2. The number of carbonyl (C=O) groups excluding carboxylic acids is 1. The van der Waals surface area contributed by atoms with Gasteiger partial charge in [0.2, 0.25) is 0 Å². The zero-order chi connectivity index (χ0) is 23.7. The molecule has 2 aromatic carbocycles. The normalized spacial score (nSPS) is 12.7. The largest absolute Gasteiger partial charge is 0.351 e. The van der Waals surface area contributed by atoms with Gasteiger partial charge in [-0.15, -0.1) is 0 Å². The predicted octanol–water partition coefficient (Wildman–Crippen LogP) is 4.50. The first-order chi connectivity index (χ1) is 16.5. The maximum atomic E-state index is 13.8. The van der Waals surface area contributed by atoms with Gasteiger partial charge in [-0.05, 0) is 68.9 Å². The van der Waals surface area contributed by atoms with Crippen LogP contribution in [0.1, 0.15) is 45.8 Å². The van der Waals surface area contributed by atoms with E-state index in [0.717, 1.165) is 72.4 Å². The topological polar surface area (TPSA) is 64.7 Å². The molecule has 2 heterocycles. The van der Waals surface area contributed by atoms with Crippen molar-refractivity contribution < 1.29 is 13.6 Å². The first kappa shape index (κ1) is 22.0. The molecule has 0 unspecified atom stereocenters. The number of fused-ring (bicyclic) bond motifs is 1. The molecule has 0 radical (unpaired) electrons. The molecule has 0 aliphatic heterocycles. The summed E-state index contributed by atoms with van der Waals surface area (Å²) < 4.78 is 30.6. The summed E-state index contributed by atoms with van der Waals surface area (Å²) in [6.45, 7) is 2.49. The van der Waals surface area contributed by atoms with E-state index in [4.69, 9.17) is 0 Å². The van der Waals surface area contributed by atoms with Crippen molar-refractivity contribution in [3.63, 3.8) is 0 Å². The summed E-state index contributed by atoms with van der Waals surface area (Å²) in [6.07, 6.45) is 5.99. The summed E-state index contributed by atoms with van der Waals surface area (Å²) in [5.74, 6) is -2.08. The minimum atomic E-state index is -0.934. The smallest absolute Gasteiger partial charge is 0.272 e. The van der Waals surface area contributed by atoms with Crippen molar-refractivity contribution in [2.45, 2.75) is 39.0 Å². The third-order valence-corrected chi connectivity index (χ3v) is 6.22. The van der Waals surface area contributed by atoms with Gasteiger partial charge in [-0.2, -0.15) is 10.2 Å². The highest BCUT2D eigenvalue weighted by atomic mass is 19.2. The fourth-order valence-corrected chi connectivity index (χ4v) is 4.47. The quantitative estimate of drug-likeness (QED) is 0.412. The number of aryl methyl sites for hydroxylation is 2. The molecule has 1 amide bonds. The van der Waals surface area contributed by atoms with Gasteiger partial charge in [-0.25, -0.2) is 18.1 Å². The number of para-hydroxylation sites is 1. The molecule has 6 nitrogen and oxygen atoms in total. The van der Waals surface area contributed by atoms with Crippen LogP contribution >= 0.6 is 0 Å². The Labute approximate surface area is 196 Å². The van der Waals surface area contributed by atoms with Crippen molar-refractivity contribution in [2.24, 2.45) is 0 Å². The molecule has 8 heteroatoms. The zero-order valence-electron chi connectivity index (χ0n) is 18.9. The monoisotopic (exact) mass is 461 g/mol. The molecule has 0 bridgehead atoms. The molecule has 1 aliphatic rings. The zero-order valence-corrected chi connectivity index (χ0v) is 18.9. The molecule has 0 atom stereocenters. The molecular weight excluding hydrogens is 436 g/mol. The minimum absolute atomic E-state index is 0.240. The Bertz CT molecular complexity index is 1340. The summed E-state index contributed by atoms with van der Waals surface area (Å²) in [5, 5.41) is 12.0. The van der Waals surface area contributed by atoms with Gasteiger partial charge in [0.1, 0.15) is 0 Å². The lowest BCUT2D eigenvalue weighted by Gasteiger charge is -2.06. The van der Waals surface area contributed by atoms with Gasteiger partial charge in [-0.1, -0.05) is 18.2 Å². The lowest BCUT2D eigenvalue weighted by Crippen LogP contribution is -2.26. The number of rotatable bonds is 7. The molecule has 5 rings (SSSR count). The Hall–Kier alpha value is -3.81. The number of carbonyl (C=O) groups is 1. The number of nitrogens with zero attached hydrogens (tertiary/aromatic N) is 4. The summed E-state index contributed by atoms with van der Waals surface area (Å²) in [6, 6.07) is 13.6. The van der Waals surface area contributed by atoms with Crippen LogP contribution in [0.25, 0.3) is 11.4 Å². The number of amides is 1. The highest BCUT2D eigenvalue weighted by Crippen LogP contribution is 2.28. The van der Waals surface area contributed by atoms with Crippen LogP contribution < -0.4 is 5.32 Å². The Morgan fingerprint density at radius 3 is 2.65 bits per heavy atom. The standard InChI is InChI=1S/C26H25F2N5O/c1-17-18(16-32(30-17)19-8-3-2-4-9-19)7-6-14-29-26(34)25-21-10-5-11-24(21)33(31-25)20-12-13-22(27)23(28)15-20/h2-4,8-9,12-13,15-16H,5-7,10-11,14H2,1H3,(H,29,34). The van der Waals surface area contributed by atoms with E-state index in [9.17, 15) is 13.6 Å². The summed E-state index contributed by atoms with van der Waals surface area (Å²) >= 11 is 0. The number of benzene rings is 2. The van der Waals surface area contributed by atoms with Crippen molar-refractivity contribution in [1.29, 1.82) is 0 Å². The van der Waals surface area contributed by atoms with E-state index in [-0.39, 0.29) is 5.91 Å². The van der Waals surface area contributed by atoms with Crippen LogP contribution in [-0.4, -0.2) is 32.0 Å². The molecule has 174 valence electrons. The van der Waals surface area contributed by atoms with Crippen molar-refractivity contribution >= 4 is 5.91 Å². The molecule has 0 saturated carbocycles. The fraction of sp³-hybridized carbons (Fsp3) is 0.269. The molecule has 4 aromatic rings. The number of hydrogen-bond donors (Lipinski definition) is 1. The molecular formula is C26H25F2N5O. The fourth-order valence-electron chi connectivity index (χ4n) is 4.47. The van der Waals surface area contributed by atoms with Gasteiger partial charge < -0.3 is 5.32 Å². The Morgan fingerprint density at radius 2 is 1.85 bits per heavy atom. The van der Waals surface area contributed by atoms with Crippen molar-refractivity contribution in [3.05, 3.63) is 94.6 Å². The number of hydrogen-bond acceptors (Lipinski definition) is 3. The molecule has 0 spiro atoms. The van der Waals surface area contributed by atoms with Crippen molar-refractivity contribution in [2.75, 3.05) is 6.54 Å². The molecule has 1 N–H and O–H groups in total.